The van der Waals surface area contributed by atoms with Gasteiger partial charge in [-0.1, -0.05) is 0 Å². The molecule has 21 heavy (non-hydrogen) atoms. The highest BCUT2D eigenvalue weighted by Crippen LogP contribution is 2.33. The van der Waals surface area contributed by atoms with Crippen LogP contribution in [0.1, 0.15) is 5.56 Å². The number of aromatic nitrogens is 3. The van der Waals surface area contributed by atoms with Crippen molar-refractivity contribution in [1.29, 1.82) is 0 Å². The summed E-state index contributed by atoms with van der Waals surface area (Å²) in [6, 6.07) is 4.04. The van der Waals surface area contributed by atoms with Gasteiger partial charge in [-0.3, -0.25) is 4.98 Å². The first kappa shape index (κ1) is 12.5. The van der Waals surface area contributed by atoms with Gasteiger partial charge in [0.25, 0.3) is 0 Å². The average molecular weight is 283 g/mol. The molecule has 0 atom stereocenters. The van der Waals surface area contributed by atoms with E-state index in [9.17, 15) is 0 Å². The van der Waals surface area contributed by atoms with Gasteiger partial charge < -0.3 is 14.5 Å². The van der Waals surface area contributed by atoms with Crippen molar-refractivity contribution in [1.82, 2.24) is 15.0 Å². The number of hydrogen-bond acceptors (Lipinski definition) is 6. The quantitative estimate of drug-likeness (QED) is 0.830. The maximum absolute atomic E-state index is 5.39. The summed E-state index contributed by atoms with van der Waals surface area (Å²) in [4.78, 5) is 17.8. The standard InChI is InChI=1S/C15H17N5O/c1-4-16-5-2-13(1)20-6-3-12-11-17-15(18-14(12)20)19-7-9-21-10-8-19/h1-2,4-5,11H,3,6-10H2. The summed E-state index contributed by atoms with van der Waals surface area (Å²) >= 11 is 0. The molecule has 0 amide bonds. The van der Waals surface area contributed by atoms with E-state index in [-0.39, 0.29) is 0 Å². The summed E-state index contributed by atoms with van der Waals surface area (Å²) in [7, 11) is 0. The molecule has 2 aliphatic rings. The lowest BCUT2D eigenvalue weighted by Gasteiger charge is -2.27. The van der Waals surface area contributed by atoms with Crippen LogP contribution in [0.2, 0.25) is 0 Å². The fourth-order valence-corrected chi connectivity index (χ4v) is 2.83. The van der Waals surface area contributed by atoms with Crippen LogP contribution in [0.3, 0.4) is 0 Å². The van der Waals surface area contributed by atoms with Crippen LogP contribution >= 0.6 is 0 Å². The van der Waals surface area contributed by atoms with Gasteiger partial charge in [-0.25, -0.2) is 4.98 Å². The Hall–Kier alpha value is -2.21. The SMILES string of the molecule is c1cc(N2CCc3cnc(N4CCOCC4)nc32)ccn1. The van der Waals surface area contributed by atoms with Crippen molar-refractivity contribution >= 4 is 17.5 Å². The second kappa shape index (κ2) is 5.29. The van der Waals surface area contributed by atoms with Gasteiger partial charge in [-0.2, -0.15) is 4.98 Å². The molecule has 0 spiro atoms. The Bertz CT molecular complexity index is 627. The number of rotatable bonds is 2. The molecule has 0 unspecified atom stereocenters. The maximum atomic E-state index is 5.39. The van der Waals surface area contributed by atoms with Crippen molar-refractivity contribution in [2.45, 2.75) is 6.42 Å². The van der Waals surface area contributed by atoms with Gasteiger partial charge in [0, 0.05) is 49.5 Å². The minimum atomic E-state index is 0.745. The molecule has 0 N–H and O–H groups in total. The van der Waals surface area contributed by atoms with Crippen molar-refractivity contribution in [3.8, 4) is 0 Å². The normalized spacial score (nSPS) is 17.9. The molecule has 0 saturated carbocycles. The second-order valence-electron chi connectivity index (χ2n) is 5.23. The van der Waals surface area contributed by atoms with Gasteiger partial charge in [0.05, 0.1) is 13.2 Å². The van der Waals surface area contributed by atoms with Gasteiger partial charge >= 0.3 is 0 Å². The molecule has 0 bridgehead atoms. The highest BCUT2D eigenvalue weighted by atomic mass is 16.5. The van der Waals surface area contributed by atoms with Crippen molar-refractivity contribution in [2.75, 3.05) is 42.6 Å². The molecule has 0 radical (unpaired) electrons. The number of anilines is 3. The number of pyridine rings is 1. The molecule has 2 aromatic rings. The van der Waals surface area contributed by atoms with Crippen LogP contribution in [-0.4, -0.2) is 47.8 Å². The highest BCUT2D eigenvalue weighted by molar-refractivity contribution is 5.66. The van der Waals surface area contributed by atoms with E-state index in [4.69, 9.17) is 9.72 Å². The van der Waals surface area contributed by atoms with E-state index in [0.717, 1.165) is 56.7 Å². The van der Waals surface area contributed by atoms with Gasteiger partial charge in [-0.05, 0) is 18.6 Å². The Morgan fingerprint density at radius 2 is 1.86 bits per heavy atom. The molecule has 6 nitrogen and oxygen atoms in total. The fraction of sp³-hybridized carbons (Fsp3) is 0.400. The summed E-state index contributed by atoms with van der Waals surface area (Å²) in [5, 5.41) is 0. The molecular weight excluding hydrogens is 266 g/mol. The van der Waals surface area contributed by atoms with Crippen LogP contribution in [-0.2, 0) is 11.2 Å². The lowest BCUT2D eigenvalue weighted by molar-refractivity contribution is 0.122. The predicted octanol–water partition coefficient (Wildman–Crippen LogP) is 1.40. The Kier molecular flexibility index (Phi) is 3.16. The van der Waals surface area contributed by atoms with Crippen molar-refractivity contribution < 1.29 is 4.74 Å². The first-order valence-electron chi connectivity index (χ1n) is 7.28. The molecule has 0 aliphatic carbocycles. The maximum Gasteiger partial charge on any atom is 0.227 e. The van der Waals surface area contributed by atoms with Gasteiger partial charge in [0.2, 0.25) is 5.95 Å². The van der Waals surface area contributed by atoms with E-state index >= 15 is 0 Å². The zero-order chi connectivity index (χ0) is 14.1. The minimum Gasteiger partial charge on any atom is -0.378 e. The molecule has 0 aromatic carbocycles. The first-order valence-corrected chi connectivity index (χ1v) is 7.28. The van der Waals surface area contributed by atoms with E-state index in [0.29, 0.717) is 0 Å². The number of fused-ring (bicyclic) bond motifs is 1. The number of morpholine rings is 1. The second-order valence-corrected chi connectivity index (χ2v) is 5.23. The van der Waals surface area contributed by atoms with Gasteiger partial charge in [0.15, 0.2) is 0 Å². The van der Waals surface area contributed by atoms with Crippen LogP contribution in [0.5, 0.6) is 0 Å². The fourth-order valence-electron chi connectivity index (χ4n) is 2.83. The highest BCUT2D eigenvalue weighted by Gasteiger charge is 2.24. The lowest BCUT2D eigenvalue weighted by Crippen LogP contribution is -2.37. The van der Waals surface area contributed by atoms with Crippen LogP contribution in [0, 0.1) is 0 Å². The average Bonchev–Trinajstić information content (AvgIpc) is 2.99. The monoisotopic (exact) mass is 283 g/mol. The summed E-state index contributed by atoms with van der Waals surface area (Å²) in [5.74, 6) is 1.83. The largest absolute Gasteiger partial charge is 0.378 e. The van der Waals surface area contributed by atoms with Crippen molar-refractivity contribution in [3.05, 3.63) is 36.3 Å². The van der Waals surface area contributed by atoms with E-state index in [1.807, 2.05) is 30.7 Å². The zero-order valence-electron chi connectivity index (χ0n) is 11.8. The van der Waals surface area contributed by atoms with Crippen LogP contribution in [0.15, 0.2) is 30.7 Å². The van der Waals surface area contributed by atoms with Crippen molar-refractivity contribution in [3.63, 3.8) is 0 Å². The molecular formula is C15H17N5O. The number of hydrogen-bond donors (Lipinski definition) is 0. The molecule has 6 heteroatoms. The third kappa shape index (κ3) is 2.31. The van der Waals surface area contributed by atoms with E-state index in [1.165, 1.54) is 5.56 Å². The van der Waals surface area contributed by atoms with Crippen LogP contribution in [0.4, 0.5) is 17.5 Å². The molecule has 108 valence electrons. The topological polar surface area (TPSA) is 54.4 Å². The molecule has 2 aliphatic heterocycles. The third-order valence-electron chi connectivity index (χ3n) is 3.96. The van der Waals surface area contributed by atoms with E-state index in [1.54, 1.807) is 0 Å². The van der Waals surface area contributed by atoms with Crippen molar-refractivity contribution in [2.24, 2.45) is 0 Å². The predicted molar refractivity (Wildman–Crippen MR) is 80.0 cm³/mol. The Morgan fingerprint density at radius 1 is 1.05 bits per heavy atom. The van der Waals surface area contributed by atoms with Gasteiger partial charge in [-0.15, -0.1) is 0 Å². The smallest absolute Gasteiger partial charge is 0.227 e. The third-order valence-corrected chi connectivity index (χ3v) is 3.96. The number of nitrogens with zero attached hydrogens (tertiary/aromatic N) is 5. The minimum absolute atomic E-state index is 0.745. The molecule has 4 rings (SSSR count). The summed E-state index contributed by atoms with van der Waals surface area (Å²) < 4.78 is 5.39. The van der Waals surface area contributed by atoms with Crippen LogP contribution < -0.4 is 9.80 Å². The molecule has 1 fully saturated rings. The zero-order valence-corrected chi connectivity index (χ0v) is 11.8. The summed E-state index contributed by atoms with van der Waals surface area (Å²) in [6.07, 6.45) is 6.59. The molecule has 1 saturated heterocycles. The van der Waals surface area contributed by atoms with E-state index < -0.39 is 0 Å². The first-order chi connectivity index (χ1) is 10.4. The summed E-state index contributed by atoms with van der Waals surface area (Å²) in [5.41, 5.74) is 2.35. The lowest BCUT2D eigenvalue weighted by atomic mass is 10.3. The number of ether oxygens (including phenoxy) is 1. The van der Waals surface area contributed by atoms with Crippen LogP contribution in [0.25, 0.3) is 0 Å². The Labute approximate surface area is 123 Å². The van der Waals surface area contributed by atoms with E-state index in [2.05, 4.69) is 19.8 Å². The Balaban J connectivity index is 1.67. The molecule has 4 heterocycles. The molecule has 2 aromatic heterocycles. The van der Waals surface area contributed by atoms with Gasteiger partial charge in [0.1, 0.15) is 5.82 Å². The Morgan fingerprint density at radius 3 is 2.67 bits per heavy atom. The summed E-state index contributed by atoms with van der Waals surface area (Å²) in [6.45, 7) is 4.14.